The average molecular weight is 299 g/mol. The van der Waals surface area contributed by atoms with Crippen molar-refractivity contribution in [1.29, 1.82) is 0 Å². The number of aromatic nitrogens is 4. The fourth-order valence-electron chi connectivity index (χ4n) is 1.48. The Balaban J connectivity index is 1.95. The molecular weight excluding hydrogens is 282 g/mol. The Labute approximate surface area is 120 Å². The van der Waals surface area contributed by atoms with Gasteiger partial charge in [0.1, 0.15) is 16.9 Å². The van der Waals surface area contributed by atoms with Crippen molar-refractivity contribution in [2.45, 2.75) is 37.8 Å². The number of ether oxygens (including phenoxy) is 1. The number of thioether (sulfide) groups is 1. The van der Waals surface area contributed by atoms with Crippen LogP contribution in [0.15, 0.2) is 10.5 Å². The molecule has 1 atom stereocenters. The van der Waals surface area contributed by atoms with E-state index in [0.717, 1.165) is 16.5 Å². The molecule has 2 heterocycles. The summed E-state index contributed by atoms with van der Waals surface area (Å²) in [6.45, 7) is 6.51. The molecule has 0 bridgehead atoms. The zero-order valence-electron chi connectivity index (χ0n) is 11.2. The minimum atomic E-state index is 0.0501. The third kappa shape index (κ3) is 3.46. The van der Waals surface area contributed by atoms with Gasteiger partial charge in [-0.1, -0.05) is 11.8 Å². The number of hydrogen-bond donors (Lipinski definition) is 1. The van der Waals surface area contributed by atoms with Crippen LogP contribution in [-0.4, -0.2) is 26.5 Å². The summed E-state index contributed by atoms with van der Waals surface area (Å²) in [6, 6.07) is 0. The second kappa shape index (κ2) is 6.36. The highest BCUT2D eigenvalue weighted by Crippen LogP contribution is 2.25. The van der Waals surface area contributed by atoms with Crippen LogP contribution in [0.3, 0.4) is 0 Å². The molecule has 0 aromatic carbocycles. The second-order valence-corrected chi connectivity index (χ2v) is 5.80. The van der Waals surface area contributed by atoms with Crippen molar-refractivity contribution >= 4 is 23.1 Å². The van der Waals surface area contributed by atoms with Crippen LogP contribution in [0.25, 0.3) is 0 Å². The summed E-state index contributed by atoms with van der Waals surface area (Å²) >= 11 is 3.15. The van der Waals surface area contributed by atoms with E-state index in [4.69, 9.17) is 10.6 Å². The summed E-state index contributed by atoms with van der Waals surface area (Å²) in [5, 5.41) is 11.7. The molecule has 0 fully saturated rings. The van der Waals surface area contributed by atoms with Crippen LogP contribution < -0.4 is 5.84 Å². The zero-order chi connectivity index (χ0) is 13.8. The van der Waals surface area contributed by atoms with Crippen LogP contribution >= 0.6 is 23.1 Å². The van der Waals surface area contributed by atoms with Crippen LogP contribution in [0.2, 0.25) is 0 Å². The molecule has 8 heteroatoms. The van der Waals surface area contributed by atoms with Gasteiger partial charge in [0.15, 0.2) is 0 Å². The molecule has 2 aromatic heterocycles. The predicted molar refractivity (Wildman–Crippen MR) is 76.6 cm³/mol. The van der Waals surface area contributed by atoms with Crippen LogP contribution in [-0.2, 0) is 10.5 Å². The van der Waals surface area contributed by atoms with E-state index < -0.39 is 0 Å². The topological polar surface area (TPSA) is 78.9 Å². The average Bonchev–Trinajstić information content (AvgIpc) is 2.97. The zero-order valence-corrected chi connectivity index (χ0v) is 12.8. The van der Waals surface area contributed by atoms with Gasteiger partial charge in [-0.15, -0.1) is 21.5 Å². The maximum absolute atomic E-state index is 5.79. The molecule has 2 N–H and O–H groups in total. The van der Waals surface area contributed by atoms with E-state index >= 15 is 0 Å². The molecule has 2 aromatic rings. The number of nitrogens with zero attached hydrogens (tertiary/aromatic N) is 4. The van der Waals surface area contributed by atoms with Gasteiger partial charge in [0.25, 0.3) is 0 Å². The maximum Gasteiger partial charge on any atom is 0.210 e. The van der Waals surface area contributed by atoms with Gasteiger partial charge in [0.05, 0.1) is 5.69 Å². The van der Waals surface area contributed by atoms with E-state index in [1.165, 1.54) is 16.4 Å². The first-order chi connectivity index (χ1) is 9.11. The smallest absolute Gasteiger partial charge is 0.210 e. The molecule has 0 saturated carbocycles. The Hall–Kier alpha value is -1.12. The van der Waals surface area contributed by atoms with Gasteiger partial charge in [0.2, 0.25) is 5.16 Å². The molecule has 0 aliphatic carbocycles. The van der Waals surface area contributed by atoms with Crippen molar-refractivity contribution in [2.24, 2.45) is 0 Å². The normalized spacial score (nSPS) is 12.8. The number of thiazole rings is 1. The lowest BCUT2D eigenvalue weighted by atomic mass is 10.4. The number of aryl methyl sites for hydroxylation is 1. The summed E-state index contributed by atoms with van der Waals surface area (Å²) in [5.74, 6) is 7.22. The molecular formula is C11H17N5OS2. The van der Waals surface area contributed by atoms with E-state index in [-0.39, 0.29) is 6.10 Å². The van der Waals surface area contributed by atoms with Gasteiger partial charge < -0.3 is 10.6 Å². The monoisotopic (exact) mass is 299 g/mol. The highest BCUT2D eigenvalue weighted by atomic mass is 32.2. The first-order valence-corrected chi connectivity index (χ1v) is 7.84. The number of nitrogen functional groups attached to an aromatic ring is 1. The molecule has 104 valence electrons. The van der Waals surface area contributed by atoms with E-state index in [0.29, 0.717) is 17.6 Å². The lowest BCUT2D eigenvalue weighted by Gasteiger charge is -2.06. The molecule has 0 amide bonds. The predicted octanol–water partition coefficient (Wildman–Crippen LogP) is 2.15. The first-order valence-electron chi connectivity index (χ1n) is 5.97. The quantitative estimate of drug-likeness (QED) is 0.650. The van der Waals surface area contributed by atoms with E-state index in [9.17, 15) is 0 Å². The Bertz CT molecular complexity index is 539. The van der Waals surface area contributed by atoms with Gasteiger partial charge in [0, 0.05) is 17.7 Å². The van der Waals surface area contributed by atoms with Crippen molar-refractivity contribution < 1.29 is 4.74 Å². The van der Waals surface area contributed by atoms with Crippen molar-refractivity contribution in [3.8, 4) is 0 Å². The van der Waals surface area contributed by atoms with Crippen molar-refractivity contribution in [2.75, 3.05) is 12.4 Å². The van der Waals surface area contributed by atoms with Gasteiger partial charge in [-0.3, -0.25) is 0 Å². The number of hydrogen-bond acceptors (Lipinski definition) is 7. The third-order valence-corrected chi connectivity index (χ3v) is 4.55. The van der Waals surface area contributed by atoms with Gasteiger partial charge in [-0.05, 0) is 20.8 Å². The summed E-state index contributed by atoms with van der Waals surface area (Å²) < 4.78 is 7.01. The minimum Gasteiger partial charge on any atom is -0.372 e. The third-order valence-electron chi connectivity index (χ3n) is 2.52. The van der Waals surface area contributed by atoms with Gasteiger partial charge in [-0.25, -0.2) is 9.66 Å². The van der Waals surface area contributed by atoms with E-state index in [1.54, 1.807) is 11.3 Å². The summed E-state index contributed by atoms with van der Waals surface area (Å²) in [4.78, 5) is 4.55. The first kappa shape index (κ1) is 14.3. The van der Waals surface area contributed by atoms with Gasteiger partial charge in [-0.2, -0.15) is 0 Å². The van der Waals surface area contributed by atoms with Crippen LogP contribution in [0.1, 0.15) is 36.5 Å². The summed E-state index contributed by atoms with van der Waals surface area (Å²) in [5.41, 5.74) is 1.01. The highest BCUT2D eigenvalue weighted by molar-refractivity contribution is 7.98. The van der Waals surface area contributed by atoms with Gasteiger partial charge >= 0.3 is 0 Å². The second-order valence-electron chi connectivity index (χ2n) is 3.96. The molecule has 1 unspecified atom stereocenters. The van der Waals surface area contributed by atoms with Crippen LogP contribution in [0.5, 0.6) is 0 Å². The van der Waals surface area contributed by atoms with Crippen molar-refractivity contribution in [1.82, 2.24) is 19.9 Å². The fourth-order valence-corrected chi connectivity index (χ4v) is 3.21. The number of nitrogens with two attached hydrogens (primary N) is 1. The molecule has 0 aliphatic heterocycles. The SMILES string of the molecule is CCOC(C)c1nc(CSc2nnc(C)n2N)cs1. The fraction of sp³-hybridized carbons (Fsp3) is 0.545. The molecule has 0 aliphatic rings. The lowest BCUT2D eigenvalue weighted by molar-refractivity contribution is 0.0761. The van der Waals surface area contributed by atoms with Crippen molar-refractivity contribution in [3.63, 3.8) is 0 Å². The van der Waals surface area contributed by atoms with Crippen LogP contribution in [0.4, 0.5) is 0 Å². The molecule has 19 heavy (non-hydrogen) atoms. The van der Waals surface area contributed by atoms with E-state index in [1.807, 2.05) is 26.2 Å². The lowest BCUT2D eigenvalue weighted by Crippen LogP contribution is -2.11. The maximum atomic E-state index is 5.79. The largest absolute Gasteiger partial charge is 0.372 e. The Morgan fingerprint density at radius 3 is 2.95 bits per heavy atom. The number of rotatable bonds is 6. The van der Waals surface area contributed by atoms with E-state index in [2.05, 4.69) is 15.2 Å². The van der Waals surface area contributed by atoms with Crippen LogP contribution in [0, 0.1) is 6.92 Å². The minimum absolute atomic E-state index is 0.0501. The highest BCUT2D eigenvalue weighted by Gasteiger charge is 2.12. The summed E-state index contributed by atoms with van der Waals surface area (Å²) in [6.07, 6.45) is 0.0501. The molecule has 6 nitrogen and oxygen atoms in total. The molecule has 2 rings (SSSR count). The Morgan fingerprint density at radius 2 is 2.32 bits per heavy atom. The Kier molecular flexibility index (Phi) is 4.78. The Morgan fingerprint density at radius 1 is 1.53 bits per heavy atom. The van der Waals surface area contributed by atoms with Crippen molar-refractivity contribution in [3.05, 3.63) is 21.9 Å². The standard InChI is InChI=1S/C11H17N5OS2/c1-4-17-7(2)10-13-9(5-18-10)6-19-11-15-14-8(3)16(11)12/h5,7H,4,6,12H2,1-3H3. The molecule has 0 spiro atoms. The molecule has 0 saturated heterocycles. The molecule has 0 radical (unpaired) electrons. The summed E-state index contributed by atoms with van der Waals surface area (Å²) in [7, 11) is 0.